The molecule has 0 aliphatic heterocycles. The smallest absolute Gasteiger partial charge is 0.409 e. The Labute approximate surface area is 99.2 Å². The molecule has 0 bridgehead atoms. The Morgan fingerprint density at radius 1 is 1.62 bits per heavy atom. The first kappa shape index (κ1) is 13.0. The lowest BCUT2D eigenvalue weighted by Crippen LogP contribution is -2.39. The molecular formula is C11H17NO3S. The zero-order valence-corrected chi connectivity index (χ0v) is 10.5. The lowest BCUT2D eigenvalue weighted by atomic mass is 10.2. The van der Waals surface area contributed by atoms with E-state index in [1.807, 2.05) is 17.5 Å². The molecule has 2 N–H and O–H groups in total. The summed E-state index contributed by atoms with van der Waals surface area (Å²) in [5.74, 6) is 0. The standard InChI is InChI=1S/C11H17NO3S/c1-11(2,3)15-10(14)12-9(13)7-8-5-4-6-16-8/h4-6,9,13H,7H2,1-3H3,(H,12,14)/t9-/m0/s1. The Kier molecular flexibility index (Phi) is 4.32. The van der Waals surface area contributed by atoms with Crippen LogP contribution in [0.1, 0.15) is 25.6 Å². The van der Waals surface area contributed by atoms with Crippen LogP contribution in [0.5, 0.6) is 0 Å². The van der Waals surface area contributed by atoms with Gasteiger partial charge in [0, 0.05) is 11.3 Å². The highest BCUT2D eigenvalue weighted by atomic mass is 32.1. The van der Waals surface area contributed by atoms with E-state index in [4.69, 9.17) is 4.74 Å². The Morgan fingerprint density at radius 2 is 2.31 bits per heavy atom. The molecule has 5 heteroatoms. The van der Waals surface area contributed by atoms with Crippen LogP contribution in [0.25, 0.3) is 0 Å². The van der Waals surface area contributed by atoms with Crippen molar-refractivity contribution in [3.05, 3.63) is 22.4 Å². The van der Waals surface area contributed by atoms with Crippen molar-refractivity contribution in [2.45, 2.75) is 39.0 Å². The molecule has 16 heavy (non-hydrogen) atoms. The van der Waals surface area contributed by atoms with Crippen LogP contribution in [-0.2, 0) is 11.2 Å². The molecule has 0 aliphatic rings. The van der Waals surface area contributed by atoms with E-state index >= 15 is 0 Å². The predicted molar refractivity (Wildman–Crippen MR) is 63.4 cm³/mol. The molecule has 0 unspecified atom stereocenters. The Hall–Kier alpha value is -1.07. The molecule has 90 valence electrons. The van der Waals surface area contributed by atoms with Crippen molar-refractivity contribution in [1.29, 1.82) is 0 Å². The molecule has 1 rings (SSSR count). The highest BCUT2D eigenvalue weighted by molar-refractivity contribution is 7.09. The average Bonchev–Trinajstić information content (AvgIpc) is 2.51. The van der Waals surface area contributed by atoms with Gasteiger partial charge in [0.1, 0.15) is 11.8 Å². The second-order valence-corrected chi connectivity index (χ2v) is 5.48. The van der Waals surface area contributed by atoms with Crippen molar-refractivity contribution < 1.29 is 14.6 Å². The van der Waals surface area contributed by atoms with Gasteiger partial charge < -0.3 is 9.84 Å². The second-order valence-electron chi connectivity index (χ2n) is 4.45. The van der Waals surface area contributed by atoms with Gasteiger partial charge in [0.2, 0.25) is 0 Å². The lowest BCUT2D eigenvalue weighted by Gasteiger charge is -2.21. The number of aliphatic hydroxyl groups is 1. The molecule has 0 aromatic carbocycles. The van der Waals surface area contributed by atoms with Crippen LogP contribution < -0.4 is 5.32 Å². The number of carbonyl (C=O) groups is 1. The van der Waals surface area contributed by atoms with Crippen LogP contribution in [-0.4, -0.2) is 23.0 Å². The molecular weight excluding hydrogens is 226 g/mol. The van der Waals surface area contributed by atoms with Crippen molar-refractivity contribution in [3.8, 4) is 0 Å². The highest BCUT2D eigenvalue weighted by Gasteiger charge is 2.18. The molecule has 0 saturated heterocycles. The van der Waals surface area contributed by atoms with Gasteiger partial charge in [-0.25, -0.2) is 4.79 Å². The zero-order chi connectivity index (χ0) is 12.2. The second kappa shape index (κ2) is 5.32. The minimum atomic E-state index is -0.909. The first-order chi connectivity index (χ1) is 7.37. The minimum absolute atomic E-state index is 0.400. The fraction of sp³-hybridized carbons (Fsp3) is 0.545. The normalized spacial score (nSPS) is 13.2. The number of nitrogens with one attached hydrogen (secondary N) is 1. The van der Waals surface area contributed by atoms with E-state index < -0.39 is 17.9 Å². The van der Waals surface area contributed by atoms with Gasteiger partial charge in [-0.05, 0) is 32.2 Å². The van der Waals surface area contributed by atoms with Crippen LogP contribution in [0.2, 0.25) is 0 Å². The number of ether oxygens (including phenoxy) is 1. The molecule has 4 nitrogen and oxygen atoms in total. The van der Waals surface area contributed by atoms with Crippen LogP contribution >= 0.6 is 11.3 Å². The molecule has 0 aliphatic carbocycles. The fourth-order valence-electron chi connectivity index (χ4n) is 1.11. The van der Waals surface area contributed by atoms with Gasteiger partial charge in [0.15, 0.2) is 0 Å². The summed E-state index contributed by atoms with van der Waals surface area (Å²) in [6, 6.07) is 3.81. The molecule has 1 aromatic rings. The maximum atomic E-state index is 11.3. The summed E-state index contributed by atoms with van der Waals surface area (Å²) in [5.41, 5.74) is -0.549. The summed E-state index contributed by atoms with van der Waals surface area (Å²) in [5, 5.41) is 13.9. The van der Waals surface area contributed by atoms with Crippen LogP contribution in [0.3, 0.4) is 0 Å². The van der Waals surface area contributed by atoms with E-state index in [2.05, 4.69) is 5.32 Å². The Balaban J connectivity index is 2.34. The first-order valence-electron chi connectivity index (χ1n) is 5.07. The summed E-state index contributed by atoms with van der Waals surface area (Å²) >= 11 is 1.54. The monoisotopic (exact) mass is 243 g/mol. The number of hydrogen-bond acceptors (Lipinski definition) is 4. The van der Waals surface area contributed by atoms with E-state index in [1.54, 1.807) is 20.8 Å². The number of rotatable bonds is 3. The fourth-order valence-corrected chi connectivity index (χ4v) is 1.86. The van der Waals surface area contributed by atoms with E-state index in [1.165, 1.54) is 11.3 Å². The molecule has 1 aromatic heterocycles. The van der Waals surface area contributed by atoms with Gasteiger partial charge in [-0.2, -0.15) is 0 Å². The quantitative estimate of drug-likeness (QED) is 0.800. The molecule has 0 fully saturated rings. The van der Waals surface area contributed by atoms with Gasteiger partial charge in [-0.3, -0.25) is 5.32 Å². The molecule has 0 saturated carbocycles. The number of alkyl carbamates (subject to hydrolysis) is 1. The van der Waals surface area contributed by atoms with Gasteiger partial charge >= 0.3 is 6.09 Å². The summed E-state index contributed by atoms with van der Waals surface area (Å²) in [4.78, 5) is 12.3. The van der Waals surface area contributed by atoms with Crippen molar-refractivity contribution >= 4 is 17.4 Å². The minimum Gasteiger partial charge on any atom is -0.444 e. The average molecular weight is 243 g/mol. The van der Waals surface area contributed by atoms with Crippen LogP contribution in [0.15, 0.2) is 17.5 Å². The lowest BCUT2D eigenvalue weighted by molar-refractivity contribution is 0.0361. The SMILES string of the molecule is CC(C)(C)OC(=O)N[C@@H](O)Cc1cccs1. The van der Waals surface area contributed by atoms with Crippen LogP contribution in [0.4, 0.5) is 4.79 Å². The summed E-state index contributed by atoms with van der Waals surface area (Å²) in [6.45, 7) is 5.33. The third-order valence-electron chi connectivity index (χ3n) is 1.66. The topological polar surface area (TPSA) is 58.6 Å². The highest BCUT2D eigenvalue weighted by Crippen LogP contribution is 2.11. The van der Waals surface area contributed by atoms with Gasteiger partial charge in [0.05, 0.1) is 0 Å². The molecule has 1 amide bonds. The van der Waals surface area contributed by atoms with Crippen molar-refractivity contribution in [2.75, 3.05) is 0 Å². The van der Waals surface area contributed by atoms with Gasteiger partial charge in [-0.1, -0.05) is 6.07 Å². The Bertz CT molecular complexity index is 329. The number of aliphatic hydroxyl groups excluding tert-OH is 1. The molecule has 0 radical (unpaired) electrons. The molecule has 0 spiro atoms. The van der Waals surface area contributed by atoms with Gasteiger partial charge in [-0.15, -0.1) is 11.3 Å². The van der Waals surface area contributed by atoms with E-state index in [-0.39, 0.29) is 0 Å². The van der Waals surface area contributed by atoms with E-state index in [9.17, 15) is 9.90 Å². The Morgan fingerprint density at radius 3 is 2.81 bits per heavy atom. The summed E-state index contributed by atoms with van der Waals surface area (Å²) in [7, 11) is 0. The first-order valence-corrected chi connectivity index (χ1v) is 5.95. The third-order valence-corrected chi connectivity index (χ3v) is 2.56. The largest absolute Gasteiger partial charge is 0.444 e. The number of hydrogen-bond donors (Lipinski definition) is 2. The molecule has 1 heterocycles. The summed E-state index contributed by atoms with van der Waals surface area (Å²) in [6.07, 6.45) is -1.11. The third kappa shape index (κ3) is 5.14. The van der Waals surface area contributed by atoms with Crippen LogP contribution in [0, 0.1) is 0 Å². The summed E-state index contributed by atoms with van der Waals surface area (Å²) < 4.78 is 5.02. The maximum Gasteiger partial charge on any atom is 0.409 e. The van der Waals surface area contributed by atoms with E-state index in [0.29, 0.717) is 6.42 Å². The maximum absolute atomic E-state index is 11.3. The predicted octanol–water partition coefficient (Wildman–Crippen LogP) is 2.13. The van der Waals surface area contributed by atoms with Crippen molar-refractivity contribution in [2.24, 2.45) is 0 Å². The van der Waals surface area contributed by atoms with Crippen molar-refractivity contribution in [1.82, 2.24) is 5.32 Å². The number of thiophene rings is 1. The van der Waals surface area contributed by atoms with Crippen molar-refractivity contribution in [3.63, 3.8) is 0 Å². The zero-order valence-electron chi connectivity index (χ0n) is 9.69. The van der Waals surface area contributed by atoms with E-state index in [0.717, 1.165) is 4.88 Å². The molecule has 1 atom stereocenters. The van der Waals surface area contributed by atoms with Gasteiger partial charge in [0.25, 0.3) is 0 Å². The number of amides is 1. The number of carbonyl (C=O) groups excluding carboxylic acids is 1.